The molecule has 1 N–H and O–H groups in total. The van der Waals surface area contributed by atoms with Crippen LogP contribution in [0.25, 0.3) is 0 Å². The molecule has 4 aliphatic rings. The Hall–Kier alpha value is -2.27. The van der Waals surface area contributed by atoms with E-state index >= 15 is 0 Å². The molecule has 142 valence electrons. The summed E-state index contributed by atoms with van der Waals surface area (Å²) in [7, 11) is 3.17. The highest BCUT2D eigenvalue weighted by Gasteiger charge is 2.65. The van der Waals surface area contributed by atoms with Gasteiger partial charge < -0.3 is 14.8 Å². The Balaban J connectivity index is 1.80. The Bertz CT molecular complexity index is 890. The van der Waals surface area contributed by atoms with Crippen molar-refractivity contribution in [3.63, 3.8) is 0 Å². The number of carbonyl (C=O) groups is 1. The summed E-state index contributed by atoms with van der Waals surface area (Å²) in [6.07, 6.45) is 7.41. The van der Waals surface area contributed by atoms with Gasteiger partial charge in [0, 0.05) is 42.0 Å². The summed E-state index contributed by atoms with van der Waals surface area (Å²) in [5.41, 5.74) is 4.01. The van der Waals surface area contributed by atoms with E-state index in [1.165, 1.54) is 12.7 Å². The van der Waals surface area contributed by atoms with Crippen molar-refractivity contribution in [3.8, 4) is 5.75 Å². The molecule has 1 fully saturated rings. The molecule has 0 bridgehead atoms. The molecule has 3 atom stereocenters. The van der Waals surface area contributed by atoms with Gasteiger partial charge in [0.1, 0.15) is 5.75 Å². The number of carbonyl (C=O) groups excluding carboxylic acids is 1. The molecule has 3 heterocycles. The van der Waals surface area contributed by atoms with Gasteiger partial charge in [0.15, 0.2) is 0 Å². The number of hydrogen-bond acceptors (Lipinski definition) is 5. The number of fused-ring (bicyclic) bond motifs is 1. The fourth-order valence-electron chi connectivity index (χ4n) is 6.18. The molecule has 1 aliphatic carbocycles. The maximum atomic E-state index is 12.8. The van der Waals surface area contributed by atoms with Crippen LogP contribution >= 0.6 is 0 Å². The normalized spacial score (nSPS) is 33.2. The lowest BCUT2D eigenvalue weighted by atomic mass is 9.55. The maximum absolute atomic E-state index is 12.8. The first-order chi connectivity index (χ1) is 13.1. The fraction of sp³-hybridized carbons (Fsp3) is 0.500. The van der Waals surface area contributed by atoms with Crippen LogP contribution in [-0.2, 0) is 14.9 Å². The second-order valence-electron chi connectivity index (χ2n) is 8.17. The van der Waals surface area contributed by atoms with E-state index in [9.17, 15) is 4.79 Å². The zero-order valence-electron chi connectivity index (χ0n) is 16.2. The highest BCUT2D eigenvalue weighted by molar-refractivity contribution is 5.93. The minimum absolute atomic E-state index is 0.0367. The molecule has 5 nitrogen and oxygen atoms in total. The molecule has 0 saturated carbocycles. The van der Waals surface area contributed by atoms with Gasteiger partial charge in [0.05, 0.1) is 25.2 Å². The Kier molecular flexibility index (Phi) is 3.51. The molecule has 1 aromatic carbocycles. The predicted octanol–water partition coefficient (Wildman–Crippen LogP) is 3.23. The van der Waals surface area contributed by atoms with Crippen LogP contribution in [0.1, 0.15) is 31.7 Å². The minimum Gasteiger partial charge on any atom is -0.497 e. The van der Waals surface area contributed by atoms with Gasteiger partial charge in [-0.2, -0.15) is 0 Å². The first kappa shape index (κ1) is 16.9. The Labute approximate surface area is 160 Å². The zero-order valence-corrected chi connectivity index (χ0v) is 16.2. The van der Waals surface area contributed by atoms with E-state index in [0.29, 0.717) is 6.04 Å². The van der Waals surface area contributed by atoms with Crippen LogP contribution in [0, 0.1) is 5.41 Å². The third kappa shape index (κ3) is 1.95. The monoisotopic (exact) mass is 366 g/mol. The van der Waals surface area contributed by atoms with Crippen molar-refractivity contribution in [2.45, 2.75) is 37.6 Å². The summed E-state index contributed by atoms with van der Waals surface area (Å²) in [5.74, 6) is 0.622. The molecule has 1 saturated heterocycles. The van der Waals surface area contributed by atoms with Crippen molar-refractivity contribution in [1.29, 1.82) is 0 Å². The average molecular weight is 366 g/mol. The third-order valence-electron chi connectivity index (χ3n) is 7.27. The molecule has 0 unspecified atom stereocenters. The molecule has 1 spiro atoms. The standard InChI is InChI=1S/C22H26N2O3/c1-4-21-8-5-10-24-11-9-22(20(21)24)16-7-6-14(26-2)12-17(16)23-18(22)15(13-21)19(25)27-3/h5-8,12,20,23H,4,9-11,13H2,1-3H3/t20-,21+,22+/m1/s1. The number of rotatable bonds is 3. The van der Waals surface area contributed by atoms with Crippen LogP contribution in [-0.4, -0.2) is 44.2 Å². The van der Waals surface area contributed by atoms with Crippen molar-refractivity contribution in [2.75, 3.05) is 32.6 Å². The first-order valence-corrected chi connectivity index (χ1v) is 9.79. The predicted molar refractivity (Wildman–Crippen MR) is 104 cm³/mol. The highest BCUT2D eigenvalue weighted by atomic mass is 16.5. The molecular weight excluding hydrogens is 340 g/mol. The van der Waals surface area contributed by atoms with E-state index in [2.05, 4.69) is 41.4 Å². The van der Waals surface area contributed by atoms with Crippen molar-refractivity contribution < 1.29 is 14.3 Å². The summed E-state index contributed by atoms with van der Waals surface area (Å²) in [5, 5.41) is 3.62. The number of methoxy groups -OCH3 is 2. The lowest BCUT2D eigenvalue weighted by Crippen LogP contribution is -2.58. The topological polar surface area (TPSA) is 50.8 Å². The van der Waals surface area contributed by atoms with Gasteiger partial charge in [-0.05, 0) is 30.9 Å². The number of ether oxygens (including phenoxy) is 2. The Morgan fingerprint density at radius 1 is 1.37 bits per heavy atom. The van der Waals surface area contributed by atoms with Crippen LogP contribution in [0.2, 0.25) is 0 Å². The van der Waals surface area contributed by atoms with E-state index < -0.39 is 0 Å². The number of nitrogens with one attached hydrogen (secondary N) is 1. The largest absolute Gasteiger partial charge is 0.497 e. The molecule has 1 aromatic rings. The van der Waals surface area contributed by atoms with E-state index in [1.807, 2.05) is 6.07 Å². The SMILES string of the molecule is CC[C@]12C=CCN3CC[C@]4(C(=C(C(=O)OC)C1)Nc1cc(OC)ccc14)[C@H]32. The summed E-state index contributed by atoms with van der Waals surface area (Å²) in [6.45, 7) is 4.28. The molecule has 3 aliphatic heterocycles. The molecule has 5 heteroatoms. The minimum atomic E-state index is -0.208. The van der Waals surface area contributed by atoms with Gasteiger partial charge >= 0.3 is 5.97 Å². The van der Waals surface area contributed by atoms with Crippen LogP contribution < -0.4 is 10.1 Å². The van der Waals surface area contributed by atoms with Gasteiger partial charge in [-0.15, -0.1) is 0 Å². The van der Waals surface area contributed by atoms with E-state index in [4.69, 9.17) is 9.47 Å². The molecular formula is C22H26N2O3. The molecule has 0 aromatic heterocycles. The number of benzene rings is 1. The first-order valence-electron chi connectivity index (χ1n) is 9.79. The highest BCUT2D eigenvalue weighted by Crippen LogP contribution is 2.64. The summed E-state index contributed by atoms with van der Waals surface area (Å²) in [4.78, 5) is 15.4. The number of nitrogens with zero attached hydrogens (tertiary/aromatic N) is 1. The van der Waals surface area contributed by atoms with Crippen LogP contribution in [0.15, 0.2) is 41.6 Å². The smallest absolute Gasteiger partial charge is 0.335 e. The van der Waals surface area contributed by atoms with Gasteiger partial charge in [-0.25, -0.2) is 4.79 Å². The number of anilines is 1. The maximum Gasteiger partial charge on any atom is 0.335 e. The molecule has 27 heavy (non-hydrogen) atoms. The van der Waals surface area contributed by atoms with E-state index in [0.717, 1.165) is 55.1 Å². The van der Waals surface area contributed by atoms with Crippen LogP contribution in [0.5, 0.6) is 5.75 Å². The molecule has 5 rings (SSSR count). The van der Waals surface area contributed by atoms with Gasteiger partial charge in [-0.3, -0.25) is 4.90 Å². The van der Waals surface area contributed by atoms with Gasteiger partial charge in [0.25, 0.3) is 0 Å². The van der Waals surface area contributed by atoms with Gasteiger partial charge in [0.2, 0.25) is 0 Å². The summed E-state index contributed by atoms with van der Waals surface area (Å²) in [6, 6.07) is 6.65. The summed E-state index contributed by atoms with van der Waals surface area (Å²) < 4.78 is 10.7. The van der Waals surface area contributed by atoms with Crippen molar-refractivity contribution in [2.24, 2.45) is 5.41 Å². The Morgan fingerprint density at radius 2 is 2.22 bits per heavy atom. The number of hydrogen-bond donors (Lipinski definition) is 1. The third-order valence-corrected chi connectivity index (χ3v) is 7.27. The lowest BCUT2D eigenvalue weighted by molar-refractivity contribution is -0.137. The number of esters is 1. The van der Waals surface area contributed by atoms with E-state index in [-0.39, 0.29) is 16.8 Å². The van der Waals surface area contributed by atoms with Crippen molar-refractivity contribution >= 4 is 11.7 Å². The molecule has 0 amide bonds. The fourth-order valence-corrected chi connectivity index (χ4v) is 6.18. The van der Waals surface area contributed by atoms with Crippen LogP contribution in [0.4, 0.5) is 5.69 Å². The van der Waals surface area contributed by atoms with Crippen molar-refractivity contribution in [1.82, 2.24) is 4.90 Å². The molecule has 0 radical (unpaired) electrons. The lowest BCUT2D eigenvalue weighted by Gasteiger charge is -2.53. The second kappa shape index (κ2) is 5.61. The van der Waals surface area contributed by atoms with Crippen molar-refractivity contribution in [3.05, 3.63) is 47.2 Å². The average Bonchev–Trinajstić information content (AvgIpc) is 3.26. The van der Waals surface area contributed by atoms with Crippen LogP contribution in [0.3, 0.4) is 0 Å². The van der Waals surface area contributed by atoms with Gasteiger partial charge in [-0.1, -0.05) is 25.1 Å². The quantitative estimate of drug-likeness (QED) is 0.657. The zero-order chi connectivity index (χ0) is 18.8. The Morgan fingerprint density at radius 3 is 2.96 bits per heavy atom. The summed E-state index contributed by atoms with van der Waals surface area (Å²) >= 11 is 0. The second-order valence-corrected chi connectivity index (χ2v) is 8.17. The van der Waals surface area contributed by atoms with E-state index in [1.54, 1.807) is 7.11 Å².